The van der Waals surface area contributed by atoms with E-state index in [-0.39, 0.29) is 0 Å². The zero-order valence-corrected chi connectivity index (χ0v) is 12.8. The summed E-state index contributed by atoms with van der Waals surface area (Å²) in [6.45, 7) is 8.18. The van der Waals surface area contributed by atoms with E-state index in [0.29, 0.717) is 12.1 Å². The van der Waals surface area contributed by atoms with E-state index in [1.807, 2.05) is 0 Å². The number of benzene rings is 1. The van der Waals surface area contributed by atoms with Crippen LogP contribution in [-0.2, 0) is 6.42 Å². The molecule has 1 aromatic rings. The van der Waals surface area contributed by atoms with Crippen LogP contribution >= 0.6 is 0 Å². The molecular weight excluding hydrogens is 246 g/mol. The maximum Gasteiger partial charge on any atom is 0.0484 e. The fourth-order valence-corrected chi connectivity index (χ4v) is 3.61. The maximum absolute atomic E-state index is 3.79. The first-order valence-electron chi connectivity index (χ1n) is 8.03. The van der Waals surface area contributed by atoms with Crippen LogP contribution in [0.2, 0.25) is 0 Å². The van der Waals surface area contributed by atoms with Crippen molar-refractivity contribution in [3.63, 3.8) is 0 Å². The van der Waals surface area contributed by atoms with E-state index in [2.05, 4.69) is 53.4 Å². The van der Waals surface area contributed by atoms with Crippen molar-refractivity contribution in [3.8, 4) is 0 Å². The largest absolute Gasteiger partial charge is 0.309 e. The van der Waals surface area contributed by atoms with E-state index < -0.39 is 0 Å². The molecule has 3 heteroatoms. The topological polar surface area (TPSA) is 18.5 Å². The van der Waals surface area contributed by atoms with Gasteiger partial charge in [0, 0.05) is 38.3 Å². The summed E-state index contributed by atoms with van der Waals surface area (Å²) in [7, 11) is 2.23. The number of piperazine rings is 1. The molecule has 0 bridgehead atoms. The van der Waals surface area contributed by atoms with E-state index in [0.717, 1.165) is 6.54 Å². The summed E-state index contributed by atoms with van der Waals surface area (Å²) in [6, 6.07) is 10.2. The van der Waals surface area contributed by atoms with Gasteiger partial charge < -0.3 is 10.2 Å². The zero-order valence-electron chi connectivity index (χ0n) is 12.8. The van der Waals surface area contributed by atoms with Crippen molar-refractivity contribution in [2.45, 2.75) is 31.8 Å². The molecule has 0 spiro atoms. The molecule has 1 aliphatic heterocycles. The Balaban J connectivity index is 1.76. The molecule has 20 heavy (non-hydrogen) atoms. The van der Waals surface area contributed by atoms with Crippen molar-refractivity contribution in [3.05, 3.63) is 35.4 Å². The highest BCUT2D eigenvalue weighted by Crippen LogP contribution is 2.34. The molecule has 1 fully saturated rings. The zero-order chi connectivity index (χ0) is 13.9. The molecule has 110 valence electrons. The average Bonchev–Trinajstić information content (AvgIpc) is 2.84. The average molecular weight is 273 g/mol. The normalized spacial score (nSPS) is 27.7. The van der Waals surface area contributed by atoms with E-state index in [9.17, 15) is 0 Å². The van der Waals surface area contributed by atoms with Crippen molar-refractivity contribution in [1.82, 2.24) is 15.1 Å². The van der Waals surface area contributed by atoms with Crippen LogP contribution in [0.4, 0.5) is 0 Å². The molecule has 0 amide bonds. The Bertz CT molecular complexity index is 438. The SMILES string of the molecule is CCCNC1c2ccccc2CC1N1CCN(C)CC1. The lowest BCUT2D eigenvalue weighted by molar-refractivity contribution is 0.0965. The van der Waals surface area contributed by atoms with Crippen LogP contribution in [0.5, 0.6) is 0 Å². The molecule has 2 atom stereocenters. The summed E-state index contributed by atoms with van der Waals surface area (Å²) < 4.78 is 0. The van der Waals surface area contributed by atoms with Crippen LogP contribution in [0.1, 0.15) is 30.5 Å². The quantitative estimate of drug-likeness (QED) is 0.904. The Morgan fingerprint density at radius 2 is 1.90 bits per heavy atom. The molecule has 0 saturated carbocycles. The Kier molecular flexibility index (Phi) is 4.39. The van der Waals surface area contributed by atoms with Gasteiger partial charge in [0.25, 0.3) is 0 Å². The number of rotatable bonds is 4. The van der Waals surface area contributed by atoms with E-state index in [1.165, 1.54) is 44.6 Å². The Morgan fingerprint density at radius 3 is 2.65 bits per heavy atom. The fraction of sp³-hybridized carbons (Fsp3) is 0.647. The van der Waals surface area contributed by atoms with Gasteiger partial charge in [0.2, 0.25) is 0 Å². The van der Waals surface area contributed by atoms with Crippen molar-refractivity contribution < 1.29 is 0 Å². The highest BCUT2D eigenvalue weighted by molar-refractivity contribution is 5.37. The van der Waals surface area contributed by atoms with Gasteiger partial charge in [-0.25, -0.2) is 0 Å². The first kappa shape index (κ1) is 14.1. The molecular formula is C17H27N3. The number of hydrogen-bond donors (Lipinski definition) is 1. The third-order valence-electron chi connectivity index (χ3n) is 4.83. The van der Waals surface area contributed by atoms with Gasteiger partial charge in [-0.05, 0) is 37.6 Å². The van der Waals surface area contributed by atoms with Crippen molar-refractivity contribution in [1.29, 1.82) is 0 Å². The van der Waals surface area contributed by atoms with Crippen LogP contribution < -0.4 is 5.32 Å². The lowest BCUT2D eigenvalue weighted by Gasteiger charge is -2.39. The summed E-state index contributed by atoms with van der Waals surface area (Å²) in [5, 5.41) is 3.79. The van der Waals surface area contributed by atoms with Crippen LogP contribution in [0.15, 0.2) is 24.3 Å². The molecule has 0 aromatic heterocycles. The standard InChI is InChI=1S/C17H27N3/c1-3-8-18-17-15-7-5-4-6-14(15)13-16(17)20-11-9-19(2)10-12-20/h4-7,16-18H,3,8-13H2,1-2H3. The van der Waals surface area contributed by atoms with Crippen molar-refractivity contribution in [2.75, 3.05) is 39.8 Å². The van der Waals surface area contributed by atoms with Gasteiger partial charge in [-0.1, -0.05) is 31.2 Å². The smallest absolute Gasteiger partial charge is 0.0484 e. The number of hydrogen-bond acceptors (Lipinski definition) is 3. The van der Waals surface area contributed by atoms with E-state index >= 15 is 0 Å². The van der Waals surface area contributed by atoms with Gasteiger partial charge in [0.1, 0.15) is 0 Å². The molecule has 3 nitrogen and oxygen atoms in total. The lowest BCUT2D eigenvalue weighted by atomic mass is 10.0. The van der Waals surface area contributed by atoms with Gasteiger partial charge in [-0.2, -0.15) is 0 Å². The van der Waals surface area contributed by atoms with Crippen LogP contribution in [0, 0.1) is 0 Å². The van der Waals surface area contributed by atoms with Crippen molar-refractivity contribution >= 4 is 0 Å². The number of fused-ring (bicyclic) bond motifs is 1. The molecule has 0 radical (unpaired) electrons. The lowest BCUT2D eigenvalue weighted by Crippen LogP contribution is -2.52. The maximum atomic E-state index is 3.79. The molecule has 1 N–H and O–H groups in total. The van der Waals surface area contributed by atoms with Gasteiger partial charge in [-0.3, -0.25) is 4.90 Å². The van der Waals surface area contributed by atoms with Crippen LogP contribution in [0.3, 0.4) is 0 Å². The Labute approximate surface area is 123 Å². The molecule has 2 aliphatic rings. The summed E-state index contributed by atoms with van der Waals surface area (Å²) in [6.07, 6.45) is 2.41. The highest BCUT2D eigenvalue weighted by atomic mass is 15.3. The molecule has 1 saturated heterocycles. The minimum Gasteiger partial charge on any atom is -0.309 e. The van der Waals surface area contributed by atoms with Crippen LogP contribution in [-0.4, -0.2) is 55.6 Å². The molecule has 1 aromatic carbocycles. The Morgan fingerprint density at radius 1 is 1.15 bits per heavy atom. The van der Waals surface area contributed by atoms with Gasteiger partial charge >= 0.3 is 0 Å². The minimum atomic E-state index is 0.523. The van der Waals surface area contributed by atoms with E-state index in [1.54, 1.807) is 5.56 Å². The van der Waals surface area contributed by atoms with Crippen molar-refractivity contribution in [2.24, 2.45) is 0 Å². The number of nitrogens with one attached hydrogen (secondary N) is 1. The molecule has 3 rings (SSSR count). The number of nitrogens with zero attached hydrogens (tertiary/aromatic N) is 2. The fourth-order valence-electron chi connectivity index (χ4n) is 3.61. The van der Waals surface area contributed by atoms with Gasteiger partial charge in [0.05, 0.1) is 0 Å². The molecule has 1 heterocycles. The Hall–Kier alpha value is -0.900. The third-order valence-corrected chi connectivity index (χ3v) is 4.83. The summed E-state index contributed by atoms with van der Waals surface area (Å²) >= 11 is 0. The van der Waals surface area contributed by atoms with Gasteiger partial charge in [-0.15, -0.1) is 0 Å². The summed E-state index contributed by atoms with van der Waals surface area (Å²) in [4.78, 5) is 5.14. The van der Waals surface area contributed by atoms with Gasteiger partial charge in [0.15, 0.2) is 0 Å². The summed E-state index contributed by atoms with van der Waals surface area (Å²) in [5.41, 5.74) is 3.08. The third kappa shape index (κ3) is 2.76. The molecule has 2 unspecified atom stereocenters. The second-order valence-corrected chi connectivity index (χ2v) is 6.24. The highest BCUT2D eigenvalue weighted by Gasteiger charge is 2.36. The van der Waals surface area contributed by atoms with E-state index in [4.69, 9.17) is 0 Å². The first-order valence-corrected chi connectivity index (χ1v) is 8.03. The first-order chi connectivity index (χ1) is 9.79. The monoisotopic (exact) mass is 273 g/mol. The minimum absolute atomic E-state index is 0.523. The number of likely N-dealkylation sites (N-methyl/N-ethyl adjacent to an activating group) is 1. The molecule has 1 aliphatic carbocycles. The predicted octanol–water partition coefficient (Wildman–Crippen LogP) is 1.90. The second kappa shape index (κ2) is 6.25. The predicted molar refractivity (Wildman–Crippen MR) is 84.0 cm³/mol. The summed E-state index contributed by atoms with van der Waals surface area (Å²) in [5.74, 6) is 0. The van der Waals surface area contributed by atoms with Crippen LogP contribution in [0.25, 0.3) is 0 Å². The second-order valence-electron chi connectivity index (χ2n) is 6.24.